The standard InChI is InChI=1S/C44H44N4O6S3/c1-29-14-20-39(21-15-29)57(51,52)48-40(23-31-8-4-3-5-9-31)42(50)45-26-33-10-6-11-35(22-33)36-12-7-13-37(24-36)43-53-38(28-55-44-47-46-30(2)56-44)25-41(54-43)34-18-16-32(27-49)17-19-34/h3-22,24,38,40-41,43,48-49H,23,25-28H2,1-2H3,(H,45,50)/t38-,40+,41+,43+/m0/s1. The van der Waals surface area contributed by atoms with E-state index in [-0.39, 0.29) is 36.7 Å². The van der Waals surface area contributed by atoms with Gasteiger partial charge in [0, 0.05) is 24.3 Å². The number of benzene rings is 5. The van der Waals surface area contributed by atoms with Crippen LogP contribution in [0.3, 0.4) is 0 Å². The van der Waals surface area contributed by atoms with Crippen LogP contribution in [0.1, 0.15) is 57.2 Å². The molecule has 1 aliphatic heterocycles. The maximum atomic E-state index is 13.7. The molecule has 0 saturated carbocycles. The molecular formula is C44H44N4O6S3. The molecule has 1 amide bonds. The summed E-state index contributed by atoms with van der Waals surface area (Å²) in [5, 5.41) is 21.9. The minimum absolute atomic E-state index is 0.0245. The first kappa shape index (κ1) is 40.5. The number of aliphatic hydroxyl groups excluding tert-OH is 1. The number of hydrogen-bond acceptors (Lipinski definition) is 10. The van der Waals surface area contributed by atoms with Crippen molar-refractivity contribution in [2.45, 2.75) is 73.6 Å². The van der Waals surface area contributed by atoms with Gasteiger partial charge in [-0.15, -0.1) is 10.2 Å². The molecule has 10 nitrogen and oxygen atoms in total. The maximum absolute atomic E-state index is 13.7. The van der Waals surface area contributed by atoms with Crippen LogP contribution < -0.4 is 10.0 Å². The van der Waals surface area contributed by atoms with Gasteiger partial charge in [-0.2, -0.15) is 4.72 Å². The Morgan fingerprint density at radius 2 is 1.54 bits per heavy atom. The van der Waals surface area contributed by atoms with Crippen molar-refractivity contribution >= 4 is 39.0 Å². The average molecular weight is 821 g/mol. The van der Waals surface area contributed by atoms with Crippen LogP contribution in [0.15, 0.2) is 137 Å². The first-order valence-corrected chi connectivity index (χ1v) is 21.9. The largest absolute Gasteiger partial charge is 0.392 e. The third kappa shape index (κ3) is 10.8. The lowest BCUT2D eigenvalue weighted by atomic mass is 9.99. The van der Waals surface area contributed by atoms with E-state index in [1.807, 2.05) is 111 Å². The average Bonchev–Trinajstić information content (AvgIpc) is 3.67. The van der Waals surface area contributed by atoms with Crippen molar-refractivity contribution in [3.05, 3.63) is 166 Å². The maximum Gasteiger partial charge on any atom is 0.241 e. The van der Waals surface area contributed by atoms with E-state index in [1.165, 1.54) is 12.1 Å². The number of rotatable bonds is 15. The summed E-state index contributed by atoms with van der Waals surface area (Å²) in [6.45, 7) is 4.00. The quantitative estimate of drug-likeness (QED) is 0.0884. The number of aromatic nitrogens is 2. The van der Waals surface area contributed by atoms with Crippen LogP contribution in [0, 0.1) is 13.8 Å². The van der Waals surface area contributed by atoms with E-state index in [1.54, 1.807) is 35.2 Å². The number of ether oxygens (including phenoxy) is 2. The lowest BCUT2D eigenvalue weighted by Crippen LogP contribution is -2.47. The molecule has 0 spiro atoms. The van der Waals surface area contributed by atoms with E-state index < -0.39 is 28.3 Å². The Morgan fingerprint density at radius 1 is 0.825 bits per heavy atom. The Kier molecular flexibility index (Phi) is 13.3. The van der Waals surface area contributed by atoms with Crippen molar-refractivity contribution in [2.24, 2.45) is 0 Å². The van der Waals surface area contributed by atoms with Crippen molar-refractivity contribution < 1.29 is 27.8 Å². The smallest absolute Gasteiger partial charge is 0.241 e. The summed E-state index contributed by atoms with van der Waals surface area (Å²) in [7, 11) is -3.97. The number of nitrogens with zero attached hydrogens (tertiary/aromatic N) is 2. The van der Waals surface area contributed by atoms with Gasteiger partial charge in [0.1, 0.15) is 11.0 Å². The molecule has 3 N–H and O–H groups in total. The first-order valence-electron chi connectivity index (χ1n) is 18.7. The highest BCUT2D eigenvalue weighted by Gasteiger charge is 2.33. The van der Waals surface area contributed by atoms with Crippen LogP contribution in [-0.2, 0) is 43.9 Å². The summed E-state index contributed by atoms with van der Waals surface area (Å²) < 4.78 is 43.5. The number of nitrogens with one attached hydrogen (secondary N) is 2. The van der Waals surface area contributed by atoms with Gasteiger partial charge in [-0.3, -0.25) is 4.79 Å². The number of hydrogen-bond donors (Lipinski definition) is 3. The number of sulfonamides is 1. The molecule has 0 bridgehead atoms. The summed E-state index contributed by atoms with van der Waals surface area (Å²) in [4.78, 5) is 13.8. The van der Waals surface area contributed by atoms with Crippen LogP contribution >= 0.6 is 23.1 Å². The molecule has 57 heavy (non-hydrogen) atoms. The Labute approximate surface area is 341 Å². The van der Waals surface area contributed by atoms with Crippen LogP contribution in [-0.4, -0.2) is 47.5 Å². The topological polar surface area (TPSA) is 140 Å². The molecule has 1 aromatic heterocycles. The molecule has 0 radical (unpaired) electrons. The van der Waals surface area contributed by atoms with Crippen molar-refractivity contribution in [1.29, 1.82) is 0 Å². The zero-order valence-corrected chi connectivity index (χ0v) is 34.0. The van der Waals surface area contributed by atoms with Crippen LogP contribution in [0.2, 0.25) is 0 Å². The van der Waals surface area contributed by atoms with E-state index in [2.05, 4.69) is 26.3 Å². The highest BCUT2D eigenvalue weighted by molar-refractivity contribution is 8.01. The van der Waals surface area contributed by atoms with Crippen LogP contribution in [0.25, 0.3) is 11.1 Å². The van der Waals surface area contributed by atoms with E-state index in [9.17, 15) is 18.3 Å². The molecule has 13 heteroatoms. The molecule has 1 fully saturated rings. The summed E-state index contributed by atoms with van der Waals surface area (Å²) in [6, 6.07) is 38.6. The molecule has 5 aromatic carbocycles. The number of carbonyl (C=O) groups is 1. The summed E-state index contributed by atoms with van der Waals surface area (Å²) >= 11 is 3.19. The number of aryl methyl sites for hydroxylation is 2. The second-order valence-electron chi connectivity index (χ2n) is 14.0. The van der Waals surface area contributed by atoms with Gasteiger partial charge in [0.2, 0.25) is 15.9 Å². The normalized spacial score (nSPS) is 17.6. The molecule has 0 unspecified atom stereocenters. The van der Waals surface area contributed by atoms with Crippen LogP contribution in [0.5, 0.6) is 0 Å². The fraction of sp³-hybridized carbons (Fsp3) is 0.250. The predicted molar refractivity (Wildman–Crippen MR) is 223 cm³/mol. The molecule has 2 heterocycles. The lowest BCUT2D eigenvalue weighted by Gasteiger charge is -2.36. The third-order valence-electron chi connectivity index (χ3n) is 9.63. The molecule has 6 aromatic rings. The van der Waals surface area contributed by atoms with Crippen molar-refractivity contribution in [1.82, 2.24) is 20.2 Å². The Bertz CT molecular complexity index is 2370. The Morgan fingerprint density at radius 3 is 2.26 bits per heavy atom. The van der Waals surface area contributed by atoms with Gasteiger partial charge >= 0.3 is 0 Å². The second-order valence-corrected chi connectivity index (χ2v) is 18.1. The van der Waals surface area contributed by atoms with Gasteiger partial charge < -0.3 is 19.9 Å². The number of amides is 1. The Balaban J connectivity index is 1.06. The predicted octanol–water partition coefficient (Wildman–Crippen LogP) is 7.86. The summed E-state index contributed by atoms with van der Waals surface area (Å²) in [6.07, 6.45) is -0.126. The fourth-order valence-corrected chi connectivity index (χ4v) is 9.63. The second kappa shape index (κ2) is 18.7. The monoisotopic (exact) mass is 820 g/mol. The zero-order valence-electron chi connectivity index (χ0n) is 31.6. The minimum Gasteiger partial charge on any atom is -0.392 e. The van der Waals surface area contributed by atoms with Gasteiger partial charge in [-0.1, -0.05) is 132 Å². The molecule has 4 atom stereocenters. The van der Waals surface area contributed by atoms with E-state index in [4.69, 9.17) is 9.47 Å². The van der Waals surface area contributed by atoms with Gasteiger partial charge in [0.25, 0.3) is 0 Å². The number of aliphatic hydroxyl groups is 1. The number of carbonyl (C=O) groups excluding carboxylic acids is 1. The highest BCUT2D eigenvalue weighted by atomic mass is 32.2. The van der Waals surface area contributed by atoms with E-state index >= 15 is 0 Å². The van der Waals surface area contributed by atoms with E-state index in [0.717, 1.165) is 53.9 Å². The van der Waals surface area contributed by atoms with Crippen LogP contribution in [0.4, 0.5) is 0 Å². The first-order chi connectivity index (χ1) is 27.6. The van der Waals surface area contributed by atoms with Crippen molar-refractivity contribution in [3.8, 4) is 11.1 Å². The molecule has 1 aliphatic rings. The summed E-state index contributed by atoms with van der Waals surface area (Å²) in [5.74, 6) is 0.260. The lowest BCUT2D eigenvalue weighted by molar-refractivity contribution is -0.245. The van der Waals surface area contributed by atoms with E-state index in [0.29, 0.717) is 12.2 Å². The zero-order chi connectivity index (χ0) is 39.8. The van der Waals surface area contributed by atoms with Crippen molar-refractivity contribution in [2.75, 3.05) is 5.75 Å². The molecular weight excluding hydrogens is 777 g/mol. The van der Waals surface area contributed by atoms with Crippen molar-refractivity contribution in [3.63, 3.8) is 0 Å². The SMILES string of the molecule is Cc1ccc(S(=O)(=O)N[C@H](Cc2ccccc2)C(=O)NCc2cccc(-c3cccc([C@@H]4O[C@H](CSc5nnc(C)s5)C[C@H](c5ccc(CO)cc5)O4)c3)c2)cc1. The van der Waals surface area contributed by atoms with Gasteiger partial charge in [-0.05, 0) is 77.9 Å². The number of thioether (sulfide) groups is 1. The molecule has 7 rings (SSSR count). The van der Waals surface area contributed by atoms with Gasteiger partial charge in [-0.25, -0.2) is 8.42 Å². The Hall–Kier alpha value is -4.73. The molecule has 1 saturated heterocycles. The molecule has 294 valence electrons. The summed E-state index contributed by atoms with van der Waals surface area (Å²) in [5.41, 5.74) is 7.24. The van der Waals surface area contributed by atoms with Gasteiger partial charge in [0.15, 0.2) is 10.6 Å². The fourth-order valence-electron chi connectivity index (χ4n) is 6.57. The highest BCUT2D eigenvalue weighted by Crippen LogP contribution is 2.40. The molecule has 0 aliphatic carbocycles. The minimum atomic E-state index is -3.97. The third-order valence-corrected chi connectivity index (χ3v) is 13.2. The van der Waals surface area contributed by atoms with Gasteiger partial charge in [0.05, 0.1) is 23.7 Å².